The van der Waals surface area contributed by atoms with Crippen LogP contribution < -0.4 is 5.32 Å². The Morgan fingerprint density at radius 3 is 2.48 bits per heavy atom. The zero-order valence-electron chi connectivity index (χ0n) is 12.8. The van der Waals surface area contributed by atoms with Gasteiger partial charge in [0.1, 0.15) is 0 Å². The first-order valence-corrected chi connectivity index (χ1v) is 7.44. The molecule has 0 aliphatic heterocycles. The summed E-state index contributed by atoms with van der Waals surface area (Å²) in [6.07, 6.45) is 1.67. The maximum absolute atomic E-state index is 12.4. The Bertz CT molecular complexity index is 680. The average Bonchev–Trinajstić information content (AvgIpc) is 2.61. The van der Waals surface area contributed by atoms with Crippen molar-refractivity contribution in [1.29, 1.82) is 0 Å². The van der Waals surface area contributed by atoms with Gasteiger partial charge in [0, 0.05) is 18.2 Å². The van der Waals surface area contributed by atoms with Crippen molar-refractivity contribution < 1.29 is 14.3 Å². The van der Waals surface area contributed by atoms with Gasteiger partial charge in [0.15, 0.2) is 0 Å². The maximum atomic E-state index is 12.4. The Morgan fingerprint density at radius 1 is 1.04 bits per heavy atom. The molecule has 118 valence electrons. The number of rotatable bonds is 7. The molecule has 1 amide bonds. The van der Waals surface area contributed by atoms with Crippen LogP contribution in [0.4, 0.5) is 0 Å². The van der Waals surface area contributed by atoms with E-state index in [1.54, 1.807) is 6.07 Å². The highest BCUT2D eigenvalue weighted by Crippen LogP contribution is 2.23. The van der Waals surface area contributed by atoms with Gasteiger partial charge in [0.25, 0.3) is 5.91 Å². The maximum Gasteiger partial charge on any atom is 0.330 e. The lowest BCUT2D eigenvalue weighted by atomic mass is 9.99. The molecule has 0 fully saturated rings. The van der Waals surface area contributed by atoms with Crippen molar-refractivity contribution in [3.05, 3.63) is 72.8 Å². The van der Waals surface area contributed by atoms with Crippen LogP contribution in [-0.4, -0.2) is 25.0 Å². The fraction of sp³-hybridized carbons (Fsp3) is 0.158. The van der Waals surface area contributed by atoms with E-state index >= 15 is 0 Å². The van der Waals surface area contributed by atoms with Crippen LogP contribution in [0.25, 0.3) is 11.1 Å². The summed E-state index contributed by atoms with van der Waals surface area (Å²) >= 11 is 0. The lowest BCUT2D eigenvalue weighted by Crippen LogP contribution is -2.26. The first-order valence-electron chi connectivity index (χ1n) is 7.44. The molecule has 0 radical (unpaired) electrons. The van der Waals surface area contributed by atoms with Crippen molar-refractivity contribution in [3.8, 4) is 11.1 Å². The van der Waals surface area contributed by atoms with E-state index in [0.29, 0.717) is 18.5 Å². The third kappa shape index (κ3) is 4.81. The highest BCUT2D eigenvalue weighted by molar-refractivity contribution is 6.00. The number of hydrogen-bond acceptors (Lipinski definition) is 3. The van der Waals surface area contributed by atoms with E-state index < -0.39 is 5.97 Å². The van der Waals surface area contributed by atoms with Crippen molar-refractivity contribution in [2.45, 2.75) is 6.42 Å². The molecular weight excluding hydrogens is 290 g/mol. The monoisotopic (exact) mass is 309 g/mol. The summed E-state index contributed by atoms with van der Waals surface area (Å²) < 4.78 is 4.86. The summed E-state index contributed by atoms with van der Waals surface area (Å²) in [6, 6.07) is 17.3. The summed E-state index contributed by atoms with van der Waals surface area (Å²) in [5.74, 6) is -0.592. The van der Waals surface area contributed by atoms with Crippen molar-refractivity contribution in [1.82, 2.24) is 5.32 Å². The molecule has 0 spiro atoms. The molecule has 0 saturated carbocycles. The molecule has 2 aromatic carbocycles. The molecule has 0 aromatic heterocycles. The van der Waals surface area contributed by atoms with Crippen molar-refractivity contribution in [3.63, 3.8) is 0 Å². The molecule has 0 unspecified atom stereocenters. The second kappa shape index (κ2) is 8.54. The van der Waals surface area contributed by atoms with Crippen molar-refractivity contribution in [2.24, 2.45) is 0 Å². The fourth-order valence-corrected chi connectivity index (χ4v) is 2.15. The van der Waals surface area contributed by atoms with Gasteiger partial charge >= 0.3 is 5.97 Å². The topological polar surface area (TPSA) is 55.4 Å². The minimum Gasteiger partial charge on any atom is -0.462 e. The first-order chi connectivity index (χ1) is 11.2. The fourth-order valence-electron chi connectivity index (χ4n) is 2.15. The molecule has 4 heteroatoms. The average molecular weight is 309 g/mol. The van der Waals surface area contributed by atoms with Gasteiger partial charge in [-0.05, 0) is 23.6 Å². The number of amides is 1. The van der Waals surface area contributed by atoms with Crippen LogP contribution in [0.3, 0.4) is 0 Å². The molecule has 1 N–H and O–H groups in total. The number of ether oxygens (including phenoxy) is 1. The smallest absolute Gasteiger partial charge is 0.330 e. The molecular formula is C19H19NO3. The van der Waals surface area contributed by atoms with Gasteiger partial charge in [0.2, 0.25) is 0 Å². The van der Waals surface area contributed by atoms with E-state index in [2.05, 4.69) is 11.9 Å². The lowest BCUT2D eigenvalue weighted by Gasteiger charge is -2.10. The number of carbonyl (C=O) groups is 2. The zero-order valence-corrected chi connectivity index (χ0v) is 12.8. The van der Waals surface area contributed by atoms with Crippen LogP contribution in [0.2, 0.25) is 0 Å². The van der Waals surface area contributed by atoms with Crippen LogP contribution in [0.5, 0.6) is 0 Å². The van der Waals surface area contributed by atoms with Gasteiger partial charge in [-0.15, -0.1) is 0 Å². The van der Waals surface area contributed by atoms with Crippen LogP contribution in [0.1, 0.15) is 16.8 Å². The van der Waals surface area contributed by atoms with E-state index in [-0.39, 0.29) is 12.5 Å². The van der Waals surface area contributed by atoms with E-state index in [0.717, 1.165) is 17.2 Å². The Balaban J connectivity index is 1.95. The van der Waals surface area contributed by atoms with Gasteiger partial charge in [0.05, 0.1) is 6.61 Å². The summed E-state index contributed by atoms with van der Waals surface area (Å²) in [7, 11) is 0. The van der Waals surface area contributed by atoms with E-state index in [4.69, 9.17) is 4.74 Å². The van der Waals surface area contributed by atoms with Gasteiger partial charge < -0.3 is 10.1 Å². The number of nitrogens with one attached hydrogen (secondary N) is 1. The summed E-state index contributed by atoms with van der Waals surface area (Å²) in [4.78, 5) is 23.3. The van der Waals surface area contributed by atoms with Gasteiger partial charge in [-0.1, -0.05) is 55.1 Å². The number of carbonyl (C=O) groups excluding carboxylic acids is 2. The van der Waals surface area contributed by atoms with Crippen LogP contribution in [0, 0.1) is 0 Å². The number of hydrogen-bond donors (Lipinski definition) is 1. The van der Waals surface area contributed by atoms with Crippen molar-refractivity contribution >= 4 is 11.9 Å². The lowest BCUT2D eigenvalue weighted by molar-refractivity contribution is -0.137. The predicted octanol–water partition coefficient (Wildman–Crippen LogP) is 3.20. The second-order valence-electron chi connectivity index (χ2n) is 4.89. The second-order valence-corrected chi connectivity index (χ2v) is 4.89. The summed E-state index contributed by atoms with van der Waals surface area (Å²) in [5, 5.41) is 2.84. The highest BCUT2D eigenvalue weighted by Gasteiger charge is 2.11. The summed E-state index contributed by atoms with van der Waals surface area (Å²) in [5.41, 5.74) is 2.52. The van der Waals surface area contributed by atoms with Crippen LogP contribution >= 0.6 is 0 Å². The molecule has 2 rings (SSSR count). The van der Waals surface area contributed by atoms with E-state index in [1.807, 2.05) is 48.5 Å². The van der Waals surface area contributed by atoms with Gasteiger partial charge in [-0.2, -0.15) is 0 Å². The third-order valence-electron chi connectivity index (χ3n) is 3.27. The molecule has 2 aromatic rings. The van der Waals surface area contributed by atoms with E-state index in [1.165, 1.54) is 0 Å². The minimum absolute atomic E-state index is 0.139. The van der Waals surface area contributed by atoms with Crippen LogP contribution in [-0.2, 0) is 9.53 Å². The minimum atomic E-state index is -0.453. The first kappa shape index (κ1) is 16.5. The quantitative estimate of drug-likeness (QED) is 0.485. The highest BCUT2D eigenvalue weighted by atomic mass is 16.5. The zero-order chi connectivity index (χ0) is 16.5. The van der Waals surface area contributed by atoms with Gasteiger partial charge in [-0.25, -0.2) is 4.79 Å². The largest absolute Gasteiger partial charge is 0.462 e. The molecule has 0 heterocycles. The standard InChI is InChI=1S/C19H19NO3/c1-2-18(21)23-14-8-13-20-19(22)17-12-7-6-11-16(17)15-9-4-3-5-10-15/h2-7,9-12H,1,8,13-14H2,(H,20,22). The van der Waals surface area contributed by atoms with Crippen molar-refractivity contribution in [2.75, 3.05) is 13.2 Å². The van der Waals surface area contributed by atoms with Crippen LogP contribution in [0.15, 0.2) is 67.3 Å². The Morgan fingerprint density at radius 2 is 1.74 bits per heavy atom. The van der Waals surface area contributed by atoms with E-state index in [9.17, 15) is 9.59 Å². The molecule has 0 bridgehead atoms. The molecule has 23 heavy (non-hydrogen) atoms. The predicted molar refractivity (Wildman–Crippen MR) is 90.0 cm³/mol. The normalized spacial score (nSPS) is 9.91. The Hall–Kier alpha value is -2.88. The molecule has 0 aliphatic carbocycles. The Kier molecular flexibility index (Phi) is 6.12. The molecule has 0 saturated heterocycles. The number of benzene rings is 2. The molecule has 0 atom stereocenters. The van der Waals surface area contributed by atoms with Gasteiger partial charge in [-0.3, -0.25) is 4.79 Å². The molecule has 0 aliphatic rings. The Labute approximate surface area is 135 Å². The summed E-state index contributed by atoms with van der Waals surface area (Å²) in [6.45, 7) is 4.01. The molecule has 4 nitrogen and oxygen atoms in total. The third-order valence-corrected chi connectivity index (χ3v) is 3.27. The SMILES string of the molecule is C=CC(=O)OCCCNC(=O)c1ccccc1-c1ccccc1. The number of esters is 1.